The second-order valence-electron chi connectivity index (χ2n) is 21.9. The third-order valence-electron chi connectivity index (χ3n) is 16.4. The molecule has 0 bridgehead atoms. The molecular formula is C71H50BN9O2. The van der Waals surface area contributed by atoms with E-state index in [1.165, 1.54) is 32.3 Å². The van der Waals surface area contributed by atoms with E-state index in [0.29, 0.717) is 34.6 Å². The summed E-state index contributed by atoms with van der Waals surface area (Å²) >= 11 is 0. The van der Waals surface area contributed by atoms with Crippen molar-refractivity contribution in [2.75, 3.05) is 0 Å². The predicted octanol–water partition coefficient (Wildman–Crippen LogP) is 15.8. The van der Waals surface area contributed by atoms with Crippen LogP contribution >= 0.6 is 0 Å². The number of pyridine rings is 6. The Kier molecular flexibility index (Phi) is 11.9. The molecule has 1 aliphatic rings. The Morgan fingerprint density at radius 2 is 0.723 bits per heavy atom. The minimum atomic E-state index is -0.533. The van der Waals surface area contributed by atoms with E-state index in [9.17, 15) is 0 Å². The predicted molar refractivity (Wildman–Crippen MR) is 336 cm³/mol. The molecule has 0 amide bonds. The van der Waals surface area contributed by atoms with Gasteiger partial charge in [0.1, 0.15) is 17.1 Å². The van der Waals surface area contributed by atoms with Crippen LogP contribution in [0, 0.1) is 0 Å². The molecule has 1 fully saturated rings. The van der Waals surface area contributed by atoms with Crippen molar-refractivity contribution >= 4 is 99.2 Å². The number of benzene rings is 8. The lowest BCUT2D eigenvalue weighted by molar-refractivity contribution is 0.00578. The number of para-hydroxylation sites is 2. The van der Waals surface area contributed by atoms with Crippen LogP contribution in [0.15, 0.2) is 231 Å². The van der Waals surface area contributed by atoms with Crippen LogP contribution in [0.3, 0.4) is 0 Å². The first-order valence-corrected chi connectivity index (χ1v) is 27.8. The maximum atomic E-state index is 6.38. The molecule has 11 nitrogen and oxygen atoms in total. The van der Waals surface area contributed by atoms with E-state index < -0.39 is 18.3 Å². The van der Waals surface area contributed by atoms with Gasteiger partial charge in [-0.05, 0) is 96.4 Å². The molecule has 0 spiro atoms. The first-order valence-electron chi connectivity index (χ1n) is 27.8. The molecule has 0 atom stereocenters. The summed E-state index contributed by atoms with van der Waals surface area (Å²) < 4.78 is 12.8. The molecule has 15 aromatic rings. The Bertz CT molecular complexity index is 4980. The van der Waals surface area contributed by atoms with Crippen LogP contribution in [0.1, 0.15) is 27.7 Å². The highest BCUT2D eigenvalue weighted by Gasteiger charge is 2.53. The summed E-state index contributed by atoms with van der Waals surface area (Å²) in [6, 6.07) is 70.5. The number of aromatic nitrogens is 9. The van der Waals surface area contributed by atoms with Gasteiger partial charge in [0.15, 0.2) is 17.5 Å². The van der Waals surface area contributed by atoms with Crippen LogP contribution in [0.4, 0.5) is 0 Å². The normalized spacial score (nSPS) is 13.9. The van der Waals surface area contributed by atoms with Crippen LogP contribution < -0.4 is 5.59 Å². The third kappa shape index (κ3) is 8.49. The van der Waals surface area contributed by atoms with E-state index in [0.717, 1.165) is 82.2 Å². The molecule has 1 saturated heterocycles. The van der Waals surface area contributed by atoms with Crippen molar-refractivity contribution in [1.29, 1.82) is 0 Å². The fraction of sp³-hybridized carbons (Fsp3) is 0.0845. The molecule has 8 aromatic carbocycles. The van der Waals surface area contributed by atoms with Crippen molar-refractivity contribution in [3.63, 3.8) is 0 Å². The largest absolute Gasteiger partial charge is 0.515 e. The van der Waals surface area contributed by atoms with E-state index in [1.54, 1.807) is 12.4 Å². The summed E-state index contributed by atoms with van der Waals surface area (Å²) in [6.45, 7) is 8.27. The van der Waals surface area contributed by atoms with Crippen LogP contribution in [-0.4, -0.2) is 63.2 Å². The Morgan fingerprint density at radius 3 is 1.23 bits per heavy atom. The lowest BCUT2D eigenvalue weighted by Crippen LogP contribution is -2.41. The van der Waals surface area contributed by atoms with Gasteiger partial charge in [-0.3, -0.25) is 19.9 Å². The zero-order valence-corrected chi connectivity index (χ0v) is 45.9. The summed E-state index contributed by atoms with van der Waals surface area (Å²) in [5.74, 6) is 1.35. The molecule has 8 heterocycles. The van der Waals surface area contributed by atoms with Crippen LogP contribution in [0.2, 0.25) is 0 Å². The minimum Gasteiger partial charge on any atom is -0.398 e. The van der Waals surface area contributed by atoms with Gasteiger partial charge >= 0.3 is 7.12 Å². The average molecular weight is 1070 g/mol. The first-order chi connectivity index (χ1) is 40.7. The van der Waals surface area contributed by atoms with Gasteiger partial charge in [0, 0.05) is 79.0 Å². The summed E-state index contributed by atoms with van der Waals surface area (Å²) in [5, 5.41) is 15.7. The Balaban J connectivity index is 0.000000145. The number of hydrogen-bond donors (Lipinski definition) is 0. The zero-order valence-electron chi connectivity index (χ0n) is 45.9. The lowest BCUT2D eigenvalue weighted by atomic mass is 9.80. The number of nitrogens with zero attached hydrogens (tertiary/aromatic N) is 9. The van der Waals surface area contributed by atoms with Crippen molar-refractivity contribution in [3.05, 3.63) is 231 Å². The highest BCUT2D eigenvalue weighted by molar-refractivity contribution is 6.64. The van der Waals surface area contributed by atoms with Crippen molar-refractivity contribution in [3.8, 4) is 57.1 Å². The third-order valence-corrected chi connectivity index (χ3v) is 16.4. The van der Waals surface area contributed by atoms with Crippen molar-refractivity contribution in [2.24, 2.45) is 0 Å². The molecule has 0 radical (unpaired) electrons. The summed E-state index contributed by atoms with van der Waals surface area (Å²) in [4.78, 5) is 44.0. The standard InChI is InChI=1S/C39H23N7.C32H27BN2O2/c1-2-12-25-24(11-1)19-20-29-34(25)28-15-5-6-16-31(28)43-35(29)30-23-42-36(27-14-4-3-13-26(27)30)39-45-37(32-17-7-9-21-40-32)44-38(46-39)33-18-8-10-22-41-33;1-31(2)32(3,4)37-33(36-31)30-23-14-8-7-13-22(23)26(19-34-30)29-25-18-17-20-11-5-6-12-21(20)28(25)24-15-9-10-16-27(24)35-29/h1-23H;5-19H,1-4H3. The van der Waals surface area contributed by atoms with Crippen LogP contribution in [0.5, 0.6) is 0 Å². The van der Waals surface area contributed by atoms with Gasteiger partial charge < -0.3 is 9.31 Å². The van der Waals surface area contributed by atoms with E-state index in [1.807, 2.05) is 79.1 Å². The number of rotatable bonds is 6. The van der Waals surface area contributed by atoms with Gasteiger partial charge in [-0.2, -0.15) is 0 Å². The van der Waals surface area contributed by atoms with Crippen molar-refractivity contribution in [2.45, 2.75) is 38.9 Å². The summed E-state index contributed by atoms with van der Waals surface area (Å²) in [6.07, 6.45) is 7.29. The molecular weight excluding hydrogens is 1020 g/mol. The minimum absolute atomic E-state index is 0.434. The molecule has 0 N–H and O–H groups in total. The van der Waals surface area contributed by atoms with E-state index in [-0.39, 0.29) is 0 Å². The van der Waals surface area contributed by atoms with Gasteiger partial charge in [-0.1, -0.05) is 170 Å². The fourth-order valence-electron chi connectivity index (χ4n) is 11.7. The summed E-state index contributed by atoms with van der Waals surface area (Å²) in [7, 11) is -0.533. The Morgan fingerprint density at radius 1 is 0.313 bits per heavy atom. The second-order valence-corrected chi connectivity index (χ2v) is 21.9. The molecule has 0 aliphatic carbocycles. The molecule has 16 rings (SSSR count). The topological polar surface area (TPSA) is 134 Å². The lowest BCUT2D eigenvalue weighted by Gasteiger charge is -2.32. The maximum absolute atomic E-state index is 6.38. The van der Waals surface area contributed by atoms with Gasteiger partial charge in [-0.15, -0.1) is 0 Å². The molecule has 1 aliphatic heterocycles. The zero-order chi connectivity index (χ0) is 55.8. The Hall–Kier alpha value is -10.3. The first kappa shape index (κ1) is 49.8. The highest BCUT2D eigenvalue weighted by Crippen LogP contribution is 2.43. The molecule has 83 heavy (non-hydrogen) atoms. The molecule has 0 saturated carbocycles. The monoisotopic (exact) mass is 1070 g/mol. The van der Waals surface area contributed by atoms with Gasteiger partial charge in [-0.25, -0.2) is 24.9 Å². The molecule has 0 unspecified atom stereocenters. The average Bonchev–Trinajstić information content (AvgIpc) is 3.52. The van der Waals surface area contributed by atoms with Gasteiger partial charge in [0.2, 0.25) is 0 Å². The second kappa shape index (κ2) is 19.8. The van der Waals surface area contributed by atoms with Crippen LogP contribution in [-0.2, 0) is 9.31 Å². The van der Waals surface area contributed by atoms with E-state index in [2.05, 4.69) is 177 Å². The molecule has 12 heteroatoms. The van der Waals surface area contributed by atoms with E-state index in [4.69, 9.17) is 44.2 Å². The maximum Gasteiger partial charge on any atom is 0.515 e. The summed E-state index contributed by atoms with van der Waals surface area (Å²) in [5.41, 5.74) is 7.53. The molecule has 7 aromatic heterocycles. The number of fused-ring (bicyclic) bond motifs is 12. The van der Waals surface area contributed by atoms with Gasteiger partial charge in [0.05, 0.1) is 39.2 Å². The van der Waals surface area contributed by atoms with Crippen LogP contribution in [0.25, 0.3) is 144 Å². The SMILES string of the molecule is CC1(C)OB(c2ncc(-c3nc4ccccc4c4c3ccc3ccccc34)c3ccccc23)OC1(C)C.c1ccc(-c2nc(-c3ccccn3)nc(-c3ncc(-c4nc5ccccc5c5c4ccc4ccccc45)c4ccccc34)n2)nc1. The fourth-order valence-corrected chi connectivity index (χ4v) is 11.7. The number of hydrogen-bond acceptors (Lipinski definition) is 11. The van der Waals surface area contributed by atoms with Crippen molar-refractivity contribution in [1.82, 2.24) is 44.9 Å². The molecule has 394 valence electrons. The smallest absolute Gasteiger partial charge is 0.398 e. The highest BCUT2D eigenvalue weighted by atomic mass is 16.7. The quantitative estimate of drug-likeness (QED) is 0.116. The Labute approximate surface area is 478 Å². The van der Waals surface area contributed by atoms with E-state index >= 15 is 0 Å². The van der Waals surface area contributed by atoms with Gasteiger partial charge in [0.25, 0.3) is 0 Å². The van der Waals surface area contributed by atoms with Crippen molar-refractivity contribution < 1.29 is 9.31 Å².